The van der Waals surface area contributed by atoms with Gasteiger partial charge in [0, 0.05) is 127 Å². The van der Waals surface area contributed by atoms with E-state index in [1.165, 1.54) is 0 Å². The minimum atomic E-state index is 0. The summed E-state index contributed by atoms with van der Waals surface area (Å²) in [4.78, 5) is 0. The maximum atomic E-state index is 0. The molecule has 0 aromatic heterocycles. The summed E-state index contributed by atoms with van der Waals surface area (Å²) in [7, 11) is 0. The van der Waals surface area contributed by atoms with Gasteiger partial charge in [0.25, 0.3) is 0 Å². The van der Waals surface area contributed by atoms with E-state index in [2.05, 4.69) is 0 Å². The van der Waals surface area contributed by atoms with Gasteiger partial charge in [-0.3, -0.25) is 0 Å². The van der Waals surface area contributed by atoms with Crippen LogP contribution in [0.3, 0.4) is 0 Å². The fourth-order valence-corrected chi connectivity index (χ4v) is 0. The monoisotopic (exact) mass is 293 g/mol. The fourth-order valence-electron chi connectivity index (χ4n) is 0. The van der Waals surface area contributed by atoms with E-state index in [1.54, 1.807) is 0 Å². The summed E-state index contributed by atoms with van der Waals surface area (Å²) in [5.41, 5.74) is 0. The molecule has 0 atom stereocenters. The minimum absolute atomic E-state index is 0. The third-order valence-corrected chi connectivity index (χ3v) is 0. The fraction of sp³-hybridized carbons (Fsp3) is 0. The van der Waals surface area contributed by atoms with Gasteiger partial charge in [0.1, 0.15) is 0 Å². The molecule has 0 N–H and O–H groups in total. The molecule has 0 spiro atoms. The van der Waals surface area contributed by atoms with Crippen LogP contribution in [0.5, 0.6) is 0 Å². The van der Waals surface area contributed by atoms with Gasteiger partial charge in [-0.15, -0.1) is 0 Å². The predicted molar refractivity (Wildman–Crippen MR) is 28.8 cm³/mol. The van der Waals surface area contributed by atoms with Crippen LogP contribution in [0, 0.1) is 39.9 Å². The number of rotatable bonds is 0. The first-order valence-electron chi connectivity index (χ1n) is 0. The van der Waals surface area contributed by atoms with E-state index in [-0.39, 0.29) is 127 Å². The van der Waals surface area contributed by atoms with E-state index in [0.717, 1.165) is 0 Å². The molecule has 0 amide bonds. The van der Waals surface area contributed by atoms with Gasteiger partial charge in [-0.05, 0) is 0 Å². The smallest absolute Gasteiger partial charge is 0 e. The van der Waals surface area contributed by atoms with Crippen LogP contribution < -0.4 is 0 Å². The van der Waals surface area contributed by atoms with E-state index in [0.29, 0.717) is 0 Å². The Labute approximate surface area is 124 Å². The Kier molecular flexibility index (Phi) is 305. The third kappa shape index (κ3) is 24.5. The molecule has 6 heteroatoms. The van der Waals surface area contributed by atoms with Crippen molar-refractivity contribution in [2.75, 3.05) is 0 Å². The normalized spacial score (nSPS) is 0. The zero-order valence-electron chi connectivity index (χ0n) is 3.24. The predicted octanol–water partition coefficient (Wildman–Crippen LogP) is -1.90. The summed E-state index contributed by atoms with van der Waals surface area (Å²) < 4.78 is 0. The van der Waals surface area contributed by atoms with Crippen LogP contribution in [0.2, 0.25) is 0 Å². The Hall–Kier alpha value is 3.99. The summed E-state index contributed by atoms with van der Waals surface area (Å²) in [6, 6.07) is 0. The maximum absolute atomic E-state index is 0. The maximum Gasteiger partial charge on any atom is 0 e. The Morgan fingerprint density at radius 3 is 0.333 bits per heavy atom. The van der Waals surface area contributed by atoms with E-state index in [9.17, 15) is 0 Å². The SMILES string of the molecule is [Al].[Al].[Al].[Al].[Al].[Gd]. The third-order valence-electron chi connectivity index (χ3n) is 0. The Morgan fingerprint density at radius 1 is 0.333 bits per heavy atom. The number of hydrogen-bond donors (Lipinski definition) is 0. The second-order valence-corrected chi connectivity index (χ2v) is 0. The molecule has 0 saturated carbocycles. The minimum Gasteiger partial charge on any atom is 0 e. The van der Waals surface area contributed by atoms with Gasteiger partial charge >= 0.3 is 0 Å². The Bertz CT molecular complexity index is 3.90. The molecule has 0 aromatic rings. The summed E-state index contributed by atoms with van der Waals surface area (Å²) in [6.45, 7) is 0. The summed E-state index contributed by atoms with van der Waals surface area (Å²) in [6.07, 6.45) is 0. The number of hydrogen-bond acceptors (Lipinski definition) is 0. The van der Waals surface area contributed by atoms with Crippen molar-refractivity contribution in [3.63, 3.8) is 0 Å². The molecule has 0 nitrogen and oxygen atoms in total. The van der Waals surface area contributed by atoms with E-state index in [4.69, 9.17) is 0 Å². The van der Waals surface area contributed by atoms with Gasteiger partial charge in [-0.25, -0.2) is 0 Å². The molecule has 0 aromatic carbocycles. The van der Waals surface area contributed by atoms with Gasteiger partial charge < -0.3 is 0 Å². The van der Waals surface area contributed by atoms with Crippen molar-refractivity contribution in [3.05, 3.63) is 0 Å². The van der Waals surface area contributed by atoms with Crippen molar-refractivity contribution in [1.82, 2.24) is 0 Å². The second kappa shape index (κ2) is 36.1. The summed E-state index contributed by atoms with van der Waals surface area (Å²) >= 11 is 0. The molecule has 23 valence electrons. The van der Waals surface area contributed by atoms with Crippen molar-refractivity contribution in [1.29, 1.82) is 0 Å². The molecule has 0 aliphatic rings. The molecule has 6 heavy (non-hydrogen) atoms. The Balaban J connectivity index is 0. The molecule has 0 rings (SSSR count). The first-order valence-corrected chi connectivity index (χ1v) is 0. The van der Waals surface area contributed by atoms with Crippen LogP contribution in [-0.2, 0) is 0 Å². The molecule has 0 heterocycles. The zero-order valence-corrected chi connectivity index (χ0v) is 11.3. The van der Waals surface area contributed by atoms with Crippen molar-refractivity contribution in [3.8, 4) is 0 Å². The van der Waals surface area contributed by atoms with Crippen molar-refractivity contribution >= 4 is 86.8 Å². The van der Waals surface area contributed by atoms with E-state index in [1.807, 2.05) is 0 Å². The van der Waals surface area contributed by atoms with Crippen molar-refractivity contribution in [2.24, 2.45) is 0 Å². The van der Waals surface area contributed by atoms with Gasteiger partial charge in [0.15, 0.2) is 0 Å². The van der Waals surface area contributed by atoms with Crippen molar-refractivity contribution < 1.29 is 39.9 Å². The molecule has 0 aliphatic heterocycles. The molecular weight excluding hydrogens is 292 g/mol. The van der Waals surface area contributed by atoms with Crippen molar-refractivity contribution in [2.45, 2.75) is 0 Å². The van der Waals surface area contributed by atoms with Crippen LogP contribution in [0.1, 0.15) is 0 Å². The molecule has 0 saturated heterocycles. The Morgan fingerprint density at radius 2 is 0.333 bits per heavy atom. The largest absolute Gasteiger partial charge is 0 e. The van der Waals surface area contributed by atoms with Gasteiger partial charge in [0.2, 0.25) is 0 Å². The first kappa shape index (κ1) is 50.7. The topological polar surface area (TPSA) is 0 Å². The van der Waals surface area contributed by atoms with Gasteiger partial charge in [-0.2, -0.15) is 0 Å². The molecule has 0 fully saturated rings. The molecule has 15 radical (unpaired) electrons. The van der Waals surface area contributed by atoms with Crippen LogP contribution >= 0.6 is 0 Å². The zero-order chi connectivity index (χ0) is 0. The second-order valence-electron chi connectivity index (χ2n) is 0. The van der Waals surface area contributed by atoms with Crippen LogP contribution in [0.4, 0.5) is 0 Å². The molecule has 0 aliphatic carbocycles. The summed E-state index contributed by atoms with van der Waals surface area (Å²) in [5, 5.41) is 0. The van der Waals surface area contributed by atoms with E-state index < -0.39 is 0 Å². The molecule has 0 bridgehead atoms. The van der Waals surface area contributed by atoms with E-state index >= 15 is 0 Å². The quantitative estimate of drug-likeness (QED) is 0.457. The standard InChI is InChI=1S/5Al.Gd. The van der Waals surface area contributed by atoms with Gasteiger partial charge in [0.05, 0.1) is 0 Å². The van der Waals surface area contributed by atoms with Crippen LogP contribution in [0.15, 0.2) is 0 Å². The average Bonchev–Trinajstić information content (AvgIpc) is 0. The van der Waals surface area contributed by atoms with Crippen LogP contribution in [-0.4, -0.2) is 86.8 Å². The van der Waals surface area contributed by atoms with Gasteiger partial charge in [-0.1, -0.05) is 0 Å². The molecule has 0 unspecified atom stereocenters. The molecular formula is Al5Gd. The first-order chi connectivity index (χ1) is 0. The summed E-state index contributed by atoms with van der Waals surface area (Å²) in [5.74, 6) is 0. The average molecular weight is 292 g/mol. The van der Waals surface area contributed by atoms with Crippen LogP contribution in [0.25, 0.3) is 0 Å².